The molecule has 0 saturated heterocycles. The first-order chi connectivity index (χ1) is 10.8. The lowest BCUT2D eigenvalue weighted by Gasteiger charge is -2.08. The molecule has 2 aromatic carbocycles. The first-order valence-electron chi connectivity index (χ1n) is 7.39. The van der Waals surface area contributed by atoms with E-state index in [-0.39, 0.29) is 0 Å². The van der Waals surface area contributed by atoms with E-state index in [1.807, 2.05) is 68.4 Å². The fourth-order valence-electron chi connectivity index (χ4n) is 1.69. The minimum atomic E-state index is 0.405. The fourth-order valence-corrected chi connectivity index (χ4v) is 1.69. The maximum atomic E-state index is 5.73. The van der Waals surface area contributed by atoms with Crippen LogP contribution >= 0.6 is 0 Å². The van der Waals surface area contributed by atoms with Gasteiger partial charge in [-0.1, -0.05) is 30.3 Å². The Labute approximate surface area is 131 Å². The number of oxime groups is 1. The van der Waals surface area contributed by atoms with Crippen LogP contribution < -0.4 is 9.47 Å². The SMILES string of the molecule is CCCO/N=C(\C)COc1ccc(Oc2ccccc2)cc1. The number of hydrogen-bond acceptors (Lipinski definition) is 4. The van der Waals surface area contributed by atoms with E-state index in [2.05, 4.69) is 5.16 Å². The van der Waals surface area contributed by atoms with Crippen molar-refractivity contribution in [3.8, 4) is 17.2 Å². The number of rotatable bonds is 8. The summed E-state index contributed by atoms with van der Waals surface area (Å²) in [7, 11) is 0. The third-order valence-corrected chi connectivity index (χ3v) is 2.77. The fraction of sp³-hybridized carbons (Fsp3) is 0.278. The molecule has 0 aliphatic heterocycles. The Balaban J connectivity index is 1.83. The van der Waals surface area contributed by atoms with Crippen molar-refractivity contribution < 1.29 is 14.3 Å². The smallest absolute Gasteiger partial charge is 0.129 e. The van der Waals surface area contributed by atoms with E-state index in [4.69, 9.17) is 14.3 Å². The zero-order valence-electron chi connectivity index (χ0n) is 13.0. The molecule has 0 radical (unpaired) electrons. The van der Waals surface area contributed by atoms with Crippen LogP contribution in [0.3, 0.4) is 0 Å². The molecule has 0 aliphatic rings. The van der Waals surface area contributed by atoms with Crippen LogP contribution in [0.15, 0.2) is 59.8 Å². The average Bonchev–Trinajstić information content (AvgIpc) is 2.55. The molecule has 2 aromatic rings. The molecule has 4 heteroatoms. The Morgan fingerprint density at radius 3 is 2.23 bits per heavy atom. The van der Waals surface area contributed by atoms with Crippen molar-refractivity contribution >= 4 is 5.71 Å². The van der Waals surface area contributed by atoms with Gasteiger partial charge in [-0.15, -0.1) is 0 Å². The summed E-state index contributed by atoms with van der Waals surface area (Å²) in [6.07, 6.45) is 0.945. The Morgan fingerprint density at radius 2 is 1.55 bits per heavy atom. The minimum Gasteiger partial charge on any atom is -0.488 e. The number of hydrogen-bond donors (Lipinski definition) is 0. The van der Waals surface area contributed by atoms with Gasteiger partial charge in [0.25, 0.3) is 0 Å². The standard InChI is InChI=1S/C18H21NO3/c1-3-13-21-19-15(2)14-20-16-9-11-18(12-10-16)22-17-7-5-4-6-8-17/h4-12H,3,13-14H2,1-2H3/b19-15+. The second-order valence-electron chi connectivity index (χ2n) is 4.83. The Bertz CT molecular complexity index is 579. The molecule has 0 aromatic heterocycles. The molecule has 0 atom stereocenters. The maximum absolute atomic E-state index is 5.73. The Morgan fingerprint density at radius 1 is 0.909 bits per heavy atom. The molecule has 0 spiro atoms. The van der Waals surface area contributed by atoms with Gasteiger partial charge >= 0.3 is 0 Å². The second kappa shape index (κ2) is 8.72. The van der Waals surface area contributed by atoms with Gasteiger partial charge in [0.05, 0.1) is 5.71 Å². The van der Waals surface area contributed by atoms with Crippen molar-refractivity contribution in [1.29, 1.82) is 0 Å². The summed E-state index contributed by atoms with van der Waals surface area (Å²) in [5.41, 5.74) is 0.804. The lowest BCUT2D eigenvalue weighted by Crippen LogP contribution is -2.08. The van der Waals surface area contributed by atoms with Crippen LogP contribution in [0.25, 0.3) is 0 Å². The molecule has 4 nitrogen and oxygen atoms in total. The lowest BCUT2D eigenvalue weighted by molar-refractivity contribution is 0.143. The maximum Gasteiger partial charge on any atom is 0.129 e. The molecule has 0 unspecified atom stereocenters. The van der Waals surface area contributed by atoms with Crippen molar-refractivity contribution in [1.82, 2.24) is 0 Å². The average molecular weight is 299 g/mol. The molecule has 0 N–H and O–H groups in total. The van der Waals surface area contributed by atoms with Crippen LogP contribution in [0, 0.1) is 0 Å². The molecule has 0 saturated carbocycles. The topological polar surface area (TPSA) is 40.0 Å². The third-order valence-electron chi connectivity index (χ3n) is 2.77. The summed E-state index contributed by atoms with van der Waals surface area (Å²) in [5, 5.41) is 3.97. The molecule has 2 rings (SSSR count). The van der Waals surface area contributed by atoms with Gasteiger partial charge in [0.2, 0.25) is 0 Å². The molecular formula is C18H21NO3. The van der Waals surface area contributed by atoms with Gasteiger partial charge in [-0.2, -0.15) is 0 Å². The van der Waals surface area contributed by atoms with Gasteiger partial charge in [0.15, 0.2) is 0 Å². The molecule has 0 bridgehead atoms. The van der Waals surface area contributed by atoms with E-state index in [1.165, 1.54) is 0 Å². The molecule has 116 valence electrons. The molecule has 22 heavy (non-hydrogen) atoms. The Hall–Kier alpha value is -2.49. The first kappa shape index (κ1) is 15.9. The summed E-state index contributed by atoms with van der Waals surface area (Å²) in [6, 6.07) is 17.2. The van der Waals surface area contributed by atoms with Gasteiger partial charge in [0, 0.05) is 0 Å². The van der Waals surface area contributed by atoms with E-state index < -0.39 is 0 Å². The van der Waals surface area contributed by atoms with Gasteiger partial charge in [0.1, 0.15) is 30.5 Å². The van der Waals surface area contributed by atoms with E-state index in [0.29, 0.717) is 13.2 Å². The molecule has 0 amide bonds. The predicted octanol–water partition coefficient (Wildman–Crippen LogP) is 4.66. The van der Waals surface area contributed by atoms with Crippen molar-refractivity contribution in [3.05, 3.63) is 54.6 Å². The van der Waals surface area contributed by atoms with E-state index in [0.717, 1.165) is 29.4 Å². The highest BCUT2D eigenvalue weighted by atomic mass is 16.6. The first-order valence-corrected chi connectivity index (χ1v) is 7.39. The normalized spacial score (nSPS) is 11.1. The van der Waals surface area contributed by atoms with Crippen LogP contribution in [-0.4, -0.2) is 18.9 Å². The quantitative estimate of drug-likeness (QED) is 0.404. The zero-order chi connectivity index (χ0) is 15.6. The zero-order valence-corrected chi connectivity index (χ0v) is 13.0. The van der Waals surface area contributed by atoms with Crippen molar-refractivity contribution in [2.24, 2.45) is 5.16 Å². The van der Waals surface area contributed by atoms with Crippen LogP contribution in [0.2, 0.25) is 0 Å². The van der Waals surface area contributed by atoms with Gasteiger partial charge < -0.3 is 14.3 Å². The summed E-state index contributed by atoms with van der Waals surface area (Å²) in [5.74, 6) is 2.35. The van der Waals surface area contributed by atoms with E-state index in [9.17, 15) is 0 Å². The van der Waals surface area contributed by atoms with Crippen LogP contribution in [0.1, 0.15) is 20.3 Å². The summed E-state index contributed by atoms with van der Waals surface area (Å²) in [6.45, 7) is 4.95. The number of para-hydroxylation sites is 1. The highest BCUT2D eigenvalue weighted by Crippen LogP contribution is 2.23. The van der Waals surface area contributed by atoms with Crippen molar-refractivity contribution in [3.63, 3.8) is 0 Å². The van der Waals surface area contributed by atoms with Gasteiger partial charge in [-0.25, -0.2) is 0 Å². The van der Waals surface area contributed by atoms with E-state index >= 15 is 0 Å². The van der Waals surface area contributed by atoms with Gasteiger partial charge in [-0.3, -0.25) is 0 Å². The van der Waals surface area contributed by atoms with Crippen molar-refractivity contribution in [2.75, 3.05) is 13.2 Å². The predicted molar refractivity (Wildman–Crippen MR) is 87.8 cm³/mol. The highest BCUT2D eigenvalue weighted by Gasteiger charge is 1.99. The highest BCUT2D eigenvalue weighted by molar-refractivity contribution is 5.82. The van der Waals surface area contributed by atoms with Gasteiger partial charge in [-0.05, 0) is 49.7 Å². The van der Waals surface area contributed by atoms with Crippen molar-refractivity contribution in [2.45, 2.75) is 20.3 Å². The van der Waals surface area contributed by atoms with Crippen LogP contribution in [-0.2, 0) is 4.84 Å². The number of benzene rings is 2. The molecular weight excluding hydrogens is 278 g/mol. The molecule has 0 fully saturated rings. The second-order valence-corrected chi connectivity index (χ2v) is 4.83. The Kier molecular flexibility index (Phi) is 6.30. The summed E-state index contributed by atoms with van der Waals surface area (Å²) < 4.78 is 11.4. The monoisotopic (exact) mass is 299 g/mol. The lowest BCUT2D eigenvalue weighted by atomic mass is 10.3. The summed E-state index contributed by atoms with van der Waals surface area (Å²) >= 11 is 0. The van der Waals surface area contributed by atoms with Crippen LogP contribution in [0.4, 0.5) is 0 Å². The minimum absolute atomic E-state index is 0.405. The summed E-state index contributed by atoms with van der Waals surface area (Å²) in [4.78, 5) is 5.11. The number of nitrogens with zero attached hydrogens (tertiary/aromatic N) is 1. The third kappa shape index (κ3) is 5.48. The number of ether oxygens (including phenoxy) is 2. The molecule has 0 heterocycles. The van der Waals surface area contributed by atoms with E-state index in [1.54, 1.807) is 0 Å². The largest absolute Gasteiger partial charge is 0.488 e. The van der Waals surface area contributed by atoms with Crippen LogP contribution in [0.5, 0.6) is 17.2 Å². The molecule has 0 aliphatic carbocycles.